The van der Waals surface area contributed by atoms with Crippen molar-refractivity contribution in [3.63, 3.8) is 0 Å². The van der Waals surface area contributed by atoms with Crippen molar-refractivity contribution in [1.29, 1.82) is 0 Å². The van der Waals surface area contributed by atoms with E-state index in [-0.39, 0.29) is 21.2 Å². The van der Waals surface area contributed by atoms with Crippen LogP contribution in [0.1, 0.15) is 0 Å². The predicted molar refractivity (Wildman–Crippen MR) is 44.1 cm³/mol. The van der Waals surface area contributed by atoms with Crippen molar-refractivity contribution in [1.82, 2.24) is 0 Å². The molecule has 0 saturated carbocycles. The van der Waals surface area contributed by atoms with Crippen LogP contribution in [0.15, 0.2) is 0 Å². The van der Waals surface area contributed by atoms with E-state index in [1.807, 2.05) is 0 Å². The summed E-state index contributed by atoms with van der Waals surface area (Å²) in [6.07, 6.45) is 0. The van der Waals surface area contributed by atoms with Crippen molar-refractivity contribution in [3.8, 4) is 0 Å². The molecule has 2 atom stereocenters. The molecule has 0 aromatic heterocycles. The predicted octanol–water partition coefficient (Wildman–Crippen LogP) is 0.942. The minimum Gasteiger partial charge on any atom is -0.229 e. The first-order valence-electron chi connectivity index (χ1n) is 2.50. The first-order valence-corrected chi connectivity index (χ1v) is 6.15. The minimum absolute atomic E-state index is 0.0995. The minimum atomic E-state index is -2.74. The maximum absolute atomic E-state index is 10.8. The summed E-state index contributed by atoms with van der Waals surface area (Å²) in [6.45, 7) is 0. The highest BCUT2D eigenvalue weighted by atomic mass is 79.9. The summed E-state index contributed by atoms with van der Waals surface area (Å²) in [7, 11) is -2.74. The van der Waals surface area contributed by atoms with Gasteiger partial charge in [-0.05, 0) is 0 Å². The molecule has 5 heteroatoms. The van der Waals surface area contributed by atoms with Gasteiger partial charge in [-0.1, -0.05) is 31.9 Å². The van der Waals surface area contributed by atoms with E-state index in [0.29, 0.717) is 0 Å². The van der Waals surface area contributed by atoms with E-state index in [1.54, 1.807) is 0 Å². The summed E-state index contributed by atoms with van der Waals surface area (Å²) < 4.78 is 21.6. The number of sulfone groups is 1. The monoisotopic (exact) mass is 276 g/mol. The van der Waals surface area contributed by atoms with Crippen LogP contribution in [-0.4, -0.2) is 29.6 Å². The molecule has 54 valence electrons. The molecule has 0 amide bonds. The molecule has 0 aromatic rings. The fraction of sp³-hybridized carbons (Fsp3) is 1.00. The second-order valence-corrected chi connectivity index (χ2v) is 6.61. The van der Waals surface area contributed by atoms with Crippen LogP contribution < -0.4 is 0 Å². The summed E-state index contributed by atoms with van der Waals surface area (Å²) in [5.74, 6) is 0.534. The first kappa shape index (κ1) is 8.01. The SMILES string of the molecule is O=S1(=O)CC(Br)C(Br)C1. The smallest absolute Gasteiger partial charge is 0.152 e. The van der Waals surface area contributed by atoms with Crippen LogP contribution in [0.5, 0.6) is 0 Å². The third-order valence-corrected chi connectivity index (χ3v) is 6.44. The quantitative estimate of drug-likeness (QED) is 0.618. The van der Waals surface area contributed by atoms with E-state index in [0.717, 1.165) is 0 Å². The highest BCUT2D eigenvalue weighted by molar-refractivity contribution is 9.12. The van der Waals surface area contributed by atoms with Crippen molar-refractivity contribution in [2.24, 2.45) is 0 Å². The van der Waals surface area contributed by atoms with E-state index in [9.17, 15) is 8.42 Å². The number of hydrogen-bond donors (Lipinski definition) is 0. The Morgan fingerprint density at radius 2 is 1.44 bits per heavy atom. The van der Waals surface area contributed by atoms with Gasteiger partial charge in [0.05, 0.1) is 11.5 Å². The molecule has 1 aliphatic heterocycles. The fourth-order valence-corrected chi connectivity index (χ4v) is 5.62. The van der Waals surface area contributed by atoms with Crippen molar-refractivity contribution in [3.05, 3.63) is 0 Å². The number of rotatable bonds is 0. The number of alkyl halides is 2. The largest absolute Gasteiger partial charge is 0.229 e. The molecule has 1 fully saturated rings. The van der Waals surface area contributed by atoms with Gasteiger partial charge in [-0.3, -0.25) is 0 Å². The van der Waals surface area contributed by atoms with Gasteiger partial charge in [-0.15, -0.1) is 0 Å². The molecule has 0 spiro atoms. The summed E-state index contributed by atoms with van der Waals surface area (Å²) in [6, 6.07) is 0. The van der Waals surface area contributed by atoms with Gasteiger partial charge in [0.25, 0.3) is 0 Å². The van der Waals surface area contributed by atoms with Crippen LogP contribution in [0, 0.1) is 0 Å². The van der Waals surface area contributed by atoms with E-state index in [2.05, 4.69) is 31.9 Å². The van der Waals surface area contributed by atoms with Gasteiger partial charge in [0.15, 0.2) is 9.84 Å². The molecule has 0 radical (unpaired) electrons. The maximum Gasteiger partial charge on any atom is 0.152 e. The van der Waals surface area contributed by atoms with Gasteiger partial charge in [0.1, 0.15) is 0 Å². The zero-order chi connectivity index (χ0) is 7.07. The highest BCUT2D eigenvalue weighted by Crippen LogP contribution is 2.25. The van der Waals surface area contributed by atoms with E-state index >= 15 is 0 Å². The third kappa shape index (κ3) is 1.91. The van der Waals surface area contributed by atoms with Crippen LogP contribution in [0.3, 0.4) is 0 Å². The molecule has 1 aliphatic rings. The zero-order valence-electron chi connectivity index (χ0n) is 4.55. The number of halogens is 2. The summed E-state index contributed by atoms with van der Waals surface area (Å²) in [4.78, 5) is 0.199. The Balaban J connectivity index is 2.77. The molecule has 0 bridgehead atoms. The molecular formula is C4H6Br2O2S. The Kier molecular flexibility index (Phi) is 2.23. The van der Waals surface area contributed by atoms with Crippen molar-refractivity contribution >= 4 is 41.7 Å². The molecule has 2 unspecified atom stereocenters. The van der Waals surface area contributed by atoms with Gasteiger partial charge in [-0.2, -0.15) is 0 Å². The van der Waals surface area contributed by atoms with E-state index in [1.165, 1.54) is 0 Å². The number of hydrogen-bond acceptors (Lipinski definition) is 2. The highest BCUT2D eigenvalue weighted by Gasteiger charge is 2.33. The van der Waals surface area contributed by atoms with Crippen molar-refractivity contribution in [2.75, 3.05) is 11.5 Å². The van der Waals surface area contributed by atoms with Crippen LogP contribution >= 0.6 is 31.9 Å². The second kappa shape index (κ2) is 2.51. The fourth-order valence-electron chi connectivity index (χ4n) is 0.762. The zero-order valence-corrected chi connectivity index (χ0v) is 8.54. The van der Waals surface area contributed by atoms with Crippen molar-refractivity contribution in [2.45, 2.75) is 9.65 Å². The summed E-state index contributed by atoms with van der Waals surface area (Å²) in [5, 5.41) is 0. The Labute approximate surface area is 71.2 Å². The molecule has 1 saturated heterocycles. The van der Waals surface area contributed by atoms with Gasteiger partial charge in [-0.25, -0.2) is 8.42 Å². The molecule has 1 rings (SSSR count). The lowest BCUT2D eigenvalue weighted by Crippen LogP contribution is -2.08. The lowest BCUT2D eigenvalue weighted by Gasteiger charge is -1.98. The molecular weight excluding hydrogens is 272 g/mol. The summed E-state index contributed by atoms with van der Waals surface area (Å²) in [5.41, 5.74) is 0. The Hall–Kier alpha value is 0.910. The normalized spacial score (nSPS) is 41.1. The lowest BCUT2D eigenvalue weighted by molar-refractivity contribution is 0.602. The van der Waals surface area contributed by atoms with Gasteiger partial charge in [0, 0.05) is 9.65 Å². The molecule has 0 N–H and O–H groups in total. The van der Waals surface area contributed by atoms with E-state index in [4.69, 9.17) is 0 Å². The molecule has 9 heavy (non-hydrogen) atoms. The second-order valence-electron chi connectivity index (χ2n) is 2.11. The maximum atomic E-state index is 10.8. The first-order chi connectivity index (χ1) is 4.01. The average Bonchev–Trinajstić information content (AvgIpc) is 1.79. The van der Waals surface area contributed by atoms with Crippen LogP contribution in [-0.2, 0) is 9.84 Å². The molecule has 0 aliphatic carbocycles. The standard InChI is InChI=1S/C4H6Br2O2S/c5-3-1-9(7,8)2-4(3)6/h3-4H,1-2H2. The van der Waals surface area contributed by atoms with Crippen LogP contribution in [0.4, 0.5) is 0 Å². The lowest BCUT2D eigenvalue weighted by atomic mass is 10.4. The topological polar surface area (TPSA) is 34.1 Å². The Morgan fingerprint density at radius 1 is 1.11 bits per heavy atom. The van der Waals surface area contributed by atoms with Crippen LogP contribution in [0.2, 0.25) is 0 Å². The van der Waals surface area contributed by atoms with E-state index < -0.39 is 9.84 Å². The van der Waals surface area contributed by atoms with Gasteiger partial charge >= 0.3 is 0 Å². The summed E-state index contributed by atoms with van der Waals surface area (Å²) >= 11 is 6.51. The molecule has 1 heterocycles. The van der Waals surface area contributed by atoms with Crippen molar-refractivity contribution < 1.29 is 8.42 Å². The third-order valence-electron chi connectivity index (χ3n) is 1.22. The van der Waals surface area contributed by atoms with Crippen LogP contribution in [0.25, 0.3) is 0 Å². The Morgan fingerprint density at radius 3 is 1.56 bits per heavy atom. The average molecular weight is 278 g/mol. The molecule has 2 nitrogen and oxygen atoms in total. The molecule has 0 aromatic carbocycles. The Bertz CT molecular complexity index is 183. The van der Waals surface area contributed by atoms with Gasteiger partial charge in [0.2, 0.25) is 0 Å². The van der Waals surface area contributed by atoms with Gasteiger partial charge < -0.3 is 0 Å².